The van der Waals surface area contributed by atoms with Crippen LogP contribution in [0.15, 0.2) is 41.5 Å². The van der Waals surface area contributed by atoms with Crippen molar-refractivity contribution in [2.75, 3.05) is 16.4 Å². The SMILES string of the molecule is CC(=O)Nc1nc2c(ncn2CO[C@H](CCI)COC(=O)c2ccccc2)c(=O)[nH]1. The van der Waals surface area contributed by atoms with E-state index < -0.39 is 11.5 Å². The fraction of sp³-hybridized carbons (Fsp3) is 0.316. The van der Waals surface area contributed by atoms with Crippen LogP contribution in [0.3, 0.4) is 0 Å². The third-order valence-corrected chi connectivity index (χ3v) is 4.68. The van der Waals surface area contributed by atoms with Gasteiger partial charge < -0.3 is 9.47 Å². The minimum atomic E-state index is -0.469. The Hall–Kier alpha value is -2.80. The lowest BCUT2D eigenvalue weighted by molar-refractivity contribution is -0.114. The van der Waals surface area contributed by atoms with E-state index in [2.05, 4.69) is 42.9 Å². The monoisotopic (exact) mass is 525 g/mol. The number of anilines is 1. The van der Waals surface area contributed by atoms with Gasteiger partial charge in [-0.25, -0.2) is 9.78 Å². The van der Waals surface area contributed by atoms with Crippen molar-refractivity contribution < 1.29 is 19.1 Å². The average Bonchev–Trinajstić information content (AvgIpc) is 3.13. The van der Waals surface area contributed by atoms with Crippen LogP contribution in [0.25, 0.3) is 11.2 Å². The Kier molecular flexibility index (Phi) is 7.52. The highest BCUT2D eigenvalue weighted by Crippen LogP contribution is 2.11. The summed E-state index contributed by atoms with van der Waals surface area (Å²) in [6.07, 6.45) is 1.76. The smallest absolute Gasteiger partial charge is 0.338 e. The number of aromatic amines is 1. The number of fused-ring (bicyclic) bond motifs is 1. The highest BCUT2D eigenvalue weighted by atomic mass is 127. The molecule has 0 spiro atoms. The fourth-order valence-electron chi connectivity index (χ4n) is 2.62. The van der Waals surface area contributed by atoms with Gasteiger partial charge >= 0.3 is 5.97 Å². The van der Waals surface area contributed by atoms with Crippen LogP contribution < -0.4 is 10.9 Å². The number of carbonyl (C=O) groups is 2. The summed E-state index contributed by atoms with van der Waals surface area (Å²) in [7, 11) is 0. The molecule has 0 fully saturated rings. The fourth-order valence-corrected chi connectivity index (χ4v) is 3.32. The number of imidazole rings is 1. The summed E-state index contributed by atoms with van der Waals surface area (Å²) in [5.41, 5.74) is 0.411. The Morgan fingerprint density at radius 2 is 2.07 bits per heavy atom. The third-order valence-electron chi connectivity index (χ3n) is 4.06. The van der Waals surface area contributed by atoms with Crippen molar-refractivity contribution in [1.29, 1.82) is 0 Å². The van der Waals surface area contributed by atoms with Crippen molar-refractivity contribution in [3.05, 3.63) is 52.6 Å². The van der Waals surface area contributed by atoms with Crippen LogP contribution >= 0.6 is 22.6 Å². The molecule has 0 radical (unpaired) electrons. The zero-order valence-electron chi connectivity index (χ0n) is 16.1. The number of aromatic nitrogens is 4. The summed E-state index contributed by atoms with van der Waals surface area (Å²) in [5.74, 6) is -0.747. The van der Waals surface area contributed by atoms with Crippen molar-refractivity contribution in [2.24, 2.45) is 0 Å². The molecular weight excluding hydrogens is 505 g/mol. The molecule has 2 N–H and O–H groups in total. The van der Waals surface area contributed by atoms with Crippen molar-refractivity contribution in [2.45, 2.75) is 26.2 Å². The van der Waals surface area contributed by atoms with E-state index in [1.54, 1.807) is 28.8 Å². The van der Waals surface area contributed by atoms with Crippen LogP contribution in [0, 0.1) is 0 Å². The second kappa shape index (κ2) is 10.3. The molecule has 2 aromatic heterocycles. The maximum absolute atomic E-state index is 12.1. The Morgan fingerprint density at radius 1 is 1.30 bits per heavy atom. The molecule has 0 bridgehead atoms. The van der Waals surface area contributed by atoms with Crippen LogP contribution in [0.4, 0.5) is 5.95 Å². The van der Waals surface area contributed by atoms with Crippen molar-refractivity contribution in [3.63, 3.8) is 0 Å². The van der Waals surface area contributed by atoms with Crippen LogP contribution in [-0.4, -0.2) is 48.5 Å². The number of hydrogen-bond donors (Lipinski definition) is 2. The number of hydrogen-bond acceptors (Lipinski definition) is 7. The van der Waals surface area contributed by atoms with Gasteiger partial charge in [-0.3, -0.25) is 24.5 Å². The third kappa shape index (κ3) is 5.63. The Morgan fingerprint density at radius 3 is 2.77 bits per heavy atom. The number of carbonyl (C=O) groups excluding carboxylic acids is 2. The van der Waals surface area contributed by atoms with Crippen molar-refractivity contribution in [3.8, 4) is 0 Å². The lowest BCUT2D eigenvalue weighted by Crippen LogP contribution is -2.24. The quantitative estimate of drug-likeness (QED) is 0.249. The molecule has 0 aliphatic carbocycles. The molecule has 3 rings (SSSR count). The largest absolute Gasteiger partial charge is 0.459 e. The molecule has 0 saturated carbocycles. The number of esters is 1. The molecule has 1 atom stereocenters. The van der Waals surface area contributed by atoms with Crippen LogP contribution in [0.2, 0.25) is 0 Å². The molecule has 1 aromatic carbocycles. The molecule has 0 aliphatic rings. The molecule has 1 amide bonds. The maximum Gasteiger partial charge on any atom is 0.338 e. The number of ether oxygens (including phenoxy) is 2. The van der Waals surface area contributed by atoms with Crippen LogP contribution in [-0.2, 0) is 21.0 Å². The standard InChI is InChI=1S/C19H20IN5O5/c1-12(26)22-19-23-16-15(17(27)24-19)21-10-25(16)11-30-14(7-8-20)9-29-18(28)13-5-3-2-4-6-13/h2-6,10,14H,7-9,11H2,1H3,(H2,22,23,24,26,27)/t14-/m1/s1. The van der Waals surface area contributed by atoms with Gasteiger partial charge in [-0.05, 0) is 18.6 Å². The van der Waals surface area contributed by atoms with Gasteiger partial charge in [0.2, 0.25) is 11.9 Å². The van der Waals surface area contributed by atoms with Gasteiger partial charge in [-0.2, -0.15) is 4.98 Å². The molecule has 0 unspecified atom stereocenters. The number of nitrogens with zero attached hydrogens (tertiary/aromatic N) is 3. The van der Waals surface area contributed by atoms with E-state index in [4.69, 9.17) is 9.47 Å². The van der Waals surface area contributed by atoms with Gasteiger partial charge in [0.05, 0.1) is 18.0 Å². The van der Waals surface area contributed by atoms with E-state index in [0.717, 1.165) is 4.43 Å². The molecule has 10 nitrogen and oxygen atoms in total. The number of rotatable bonds is 9. The number of H-pyrrole nitrogens is 1. The first-order valence-electron chi connectivity index (χ1n) is 9.10. The van der Waals surface area contributed by atoms with E-state index in [9.17, 15) is 14.4 Å². The normalized spacial score (nSPS) is 11.9. The van der Waals surface area contributed by atoms with E-state index in [0.29, 0.717) is 12.0 Å². The molecular formula is C19H20IN5O5. The molecule has 158 valence electrons. The number of halogens is 1. The lowest BCUT2D eigenvalue weighted by atomic mass is 10.2. The predicted molar refractivity (Wildman–Crippen MR) is 118 cm³/mol. The molecule has 0 saturated heterocycles. The number of alkyl halides is 1. The summed E-state index contributed by atoms with van der Waals surface area (Å²) < 4.78 is 13.6. The average molecular weight is 525 g/mol. The highest BCUT2D eigenvalue weighted by molar-refractivity contribution is 14.1. The predicted octanol–water partition coefficient (Wildman–Crippen LogP) is 2.10. The van der Waals surface area contributed by atoms with E-state index in [-0.39, 0.29) is 42.5 Å². The maximum atomic E-state index is 12.1. The molecule has 30 heavy (non-hydrogen) atoms. The molecule has 2 heterocycles. The zero-order valence-corrected chi connectivity index (χ0v) is 18.3. The topological polar surface area (TPSA) is 128 Å². The van der Waals surface area contributed by atoms with Crippen molar-refractivity contribution in [1.82, 2.24) is 19.5 Å². The Labute approximate surface area is 185 Å². The lowest BCUT2D eigenvalue weighted by Gasteiger charge is -2.17. The molecule has 0 aliphatic heterocycles. The van der Waals surface area contributed by atoms with E-state index in [1.165, 1.54) is 13.3 Å². The minimum Gasteiger partial charge on any atom is -0.459 e. The van der Waals surface area contributed by atoms with Crippen molar-refractivity contribution >= 4 is 51.6 Å². The Bertz CT molecular complexity index is 1080. The van der Waals surface area contributed by atoms with E-state index >= 15 is 0 Å². The Balaban J connectivity index is 1.67. The minimum absolute atomic E-state index is 0.0300. The number of nitrogens with one attached hydrogen (secondary N) is 2. The van der Waals surface area contributed by atoms with Crippen LogP contribution in [0.1, 0.15) is 23.7 Å². The summed E-state index contributed by atoms with van der Waals surface area (Å²) >= 11 is 2.22. The first-order chi connectivity index (χ1) is 14.5. The number of amides is 1. The van der Waals surface area contributed by atoms with Gasteiger partial charge in [-0.1, -0.05) is 40.8 Å². The summed E-state index contributed by atoms with van der Waals surface area (Å²) in [6, 6.07) is 8.73. The summed E-state index contributed by atoms with van der Waals surface area (Å²) in [5, 5.41) is 2.44. The van der Waals surface area contributed by atoms with Crippen LogP contribution in [0.5, 0.6) is 0 Å². The second-order valence-electron chi connectivity index (χ2n) is 6.34. The first-order valence-corrected chi connectivity index (χ1v) is 10.6. The van der Waals surface area contributed by atoms with Gasteiger partial charge in [-0.15, -0.1) is 0 Å². The summed E-state index contributed by atoms with van der Waals surface area (Å²) in [6.45, 7) is 1.46. The summed E-state index contributed by atoms with van der Waals surface area (Å²) in [4.78, 5) is 46.2. The molecule has 11 heteroatoms. The first kappa shape index (κ1) is 21.9. The molecule has 3 aromatic rings. The van der Waals surface area contributed by atoms with Gasteiger partial charge in [0, 0.05) is 11.4 Å². The van der Waals surface area contributed by atoms with Gasteiger partial charge in [0.25, 0.3) is 5.56 Å². The highest BCUT2D eigenvalue weighted by Gasteiger charge is 2.16. The van der Waals surface area contributed by atoms with E-state index in [1.807, 2.05) is 6.07 Å². The zero-order chi connectivity index (χ0) is 21.5. The van der Waals surface area contributed by atoms with Gasteiger partial charge in [0.15, 0.2) is 11.2 Å². The number of benzene rings is 1. The second-order valence-corrected chi connectivity index (χ2v) is 7.42. The van der Waals surface area contributed by atoms with Gasteiger partial charge in [0.1, 0.15) is 13.3 Å².